The first kappa shape index (κ1) is 17.2. The summed E-state index contributed by atoms with van der Waals surface area (Å²) in [5.74, 6) is 0.837. The molecule has 0 radical (unpaired) electrons. The van der Waals surface area contributed by atoms with E-state index in [1.807, 2.05) is 0 Å². The van der Waals surface area contributed by atoms with E-state index in [1.165, 1.54) is 71.4 Å². The van der Waals surface area contributed by atoms with Gasteiger partial charge in [-0.15, -0.1) is 0 Å². The molecule has 3 heteroatoms. The minimum Gasteiger partial charge on any atom is -0.313 e. The lowest BCUT2D eigenvalue weighted by molar-refractivity contribution is 0.0798. The molecule has 2 fully saturated rings. The minimum absolute atomic E-state index is 0.459. The van der Waals surface area contributed by atoms with Gasteiger partial charge in [0.15, 0.2) is 0 Å². The van der Waals surface area contributed by atoms with Crippen molar-refractivity contribution in [3.8, 4) is 0 Å². The normalized spacial score (nSPS) is 32.0. The van der Waals surface area contributed by atoms with Crippen molar-refractivity contribution in [1.82, 2.24) is 15.1 Å². The second kappa shape index (κ2) is 7.94. The molecular formula is C18H37N3. The molecule has 1 aliphatic heterocycles. The van der Waals surface area contributed by atoms with Crippen molar-refractivity contribution < 1.29 is 0 Å². The van der Waals surface area contributed by atoms with Crippen LogP contribution in [0.5, 0.6) is 0 Å². The van der Waals surface area contributed by atoms with Crippen LogP contribution in [-0.2, 0) is 0 Å². The fraction of sp³-hybridized carbons (Fsp3) is 1.00. The van der Waals surface area contributed by atoms with E-state index in [0.717, 1.165) is 5.92 Å². The zero-order valence-electron chi connectivity index (χ0n) is 14.8. The van der Waals surface area contributed by atoms with Gasteiger partial charge >= 0.3 is 0 Å². The van der Waals surface area contributed by atoms with Crippen LogP contribution >= 0.6 is 0 Å². The maximum atomic E-state index is 3.89. The number of nitrogens with one attached hydrogen (secondary N) is 1. The highest BCUT2D eigenvalue weighted by atomic mass is 15.2. The molecule has 0 aromatic carbocycles. The SMILES string of the molecule is CCCNC1C(CN2CCCN(C)CC2)CCCC1(C)C. The van der Waals surface area contributed by atoms with Crippen LogP contribution in [0.25, 0.3) is 0 Å². The van der Waals surface area contributed by atoms with Crippen LogP contribution in [0, 0.1) is 11.3 Å². The molecule has 1 aliphatic carbocycles. The van der Waals surface area contributed by atoms with Crippen LogP contribution in [0.4, 0.5) is 0 Å². The summed E-state index contributed by atoms with van der Waals surface area (Å²) < 4.78 is 0. The Morgan fingerprint density at radius 3 is 2.67 bits per heavy atom. The summed E-state index contributed by atoms with van der Waals surface area (Å²) in [5, 5.41) is 3.89. The van der Waals surface area contributed by atoms with Crippen molar-refractivity contribution >= 4 is 0 Å². The number of nitrogens with zero attached hydrogens (tertiary/aromatic N) is 2. The smallest absolute Gasteiger partial charge is 0.0159 e. The average molecular weight is 296 g/mol. The van der Waals surface area contributed by atoms with Crippen molar-refractivity contribution in [3.63, 3.8) is 0 Å². The van der Waals surface area contributed by atoms with Crippen LogP contribution in [0.1, 0.15) is 52.9 Å². The summed E-state index contributed by atoms with van der Waals surface area (Å²) in [4.78, 5) is 5.22. The third-order valence-corrected chi connectivity index (χ3v) is 5.63. The van der Waals surface area contributed by atoms with E-state index in [2.05, 4.69) is 42.9 Å². The van der Waals surface area contributed by atoms with Crippen LogP contribution in [0.15, 0.2) is 0 Å². The lowest BCUT2D eigenvalue weighted by atomic mass is 9.67. The molecule has 2 atom stereocenters. The van der Waals surface area contributed by atoms with Gasteiger partial charge in [-0.1, -0.05) is 27.2 Å². The van der Waals surface area contributed by atoms with E-state index in [-0.39, 0.29) is 0 Å². The first-order chi connectivity index (χ1) is 10.0. The molecule has 21 heavy (non-hydrogen) atoms. The molecule has 0 bridgehead atoms. The molecule has 2 aliphatic rings. The topological polar surface area (TPSA) is 18.5 Å². The van der Waals surface area contributed by atoms with Gasteiger partial charge in [0.05, 0.1) is 0 Å². The molecule has 1 saturated carbocycles. The third-order valence-electron chi connectivity index (χ3n) is 5.63. The lowest BCUT2D eigenvalue weighted by Gasteiger charge is -2.46. The van der Waals surface area contributed by atoms with Crippen LogP contribution < -0.4 is 5.32 Å². The molecular weight excluding hydrogens is 258 g/mol. The van der Waals surface area contributed by atoms with Gasteiger partial charge in [0, 0.05) is 25.7 Å². The summed E-state index contributed by atoms with van der Waals surface area (Å²) in [6, 6.07) is 0.701. The zero-order valence-corrected chi connectivity index (χ0v) is 14.8. The zero-order chi connectivity index (χ0) is 15.3. The first-order valence-electron chi connectivity index (χ1n) is 9.17. The predicted molar refractivity (Wildman–Crippen MR) is 91.8 cm³/mol. The molecule has 0 aromatic rings. The van der Waals surface area contributed by atoms with Gasteiger partial charge in [-0.05, 0) is 63.7 Å². The number of likely N-dealkylation sites (N-methyl/N-ethyl adjacent to an activating group) is 1. The van der Waals surface area contributed by atoms with Gasteiger partial charge < -0.3 is 15.1 Å². The highest BCUT2D eigenvalue weighted by Crippen LogP contribution is 2.39. The molecule has 2 rings (SSSR count). The van der Waals surface area contributed by atoms with Crippen molar-refractivity contribution in [2.45, 2.75) is 58.9 Å². The van der Waals surface area contributed by atoms with Crippen LogP contribution in [0.2, 0.25) is 0 Å². The Morgan fingerprint density at radius 1 is 1.10 bits per heavy atom. The second-order valence-electron chi connectivity index (χ2n) is 8.03. The van der Waals surface area contributed by atoms with E-state index >= 15 is 0 Å². The van der Waals surface area contributed by atoms with Crippen molar-refractivity contribution in [3.05, 3.63) is 0 Å². The van der Waals surface area contributed by atoms with E-state index in [9.17, 15) is 0 Å². The van der Waals surface area contributed by atoms with Crippen molar-refractivity contribution in [2.24, 2.45) is 11.3 Å². The Kier molecular flexibility index (Phi) is 6.51. The summed E-state index contributed by atoms with van der Waals surface area (Å²) in [5.41, 5.74) is 0.459. The molecule has 124 valence electrons. The van der Waals surface area contributed by atoms with Gasteiger partial charge in [0.1, 0.15) is 0 Å². The summed E-state index contributed by atoms with van der Waals surface area (Å²) >= 11 is 0. The van der Waals surface area contributed by atoms with Crippen molar-refractivity contribution in [2.75, 3.05) is 46.3 Å². The summed E-state index contributed by atoms with van der Waals surface area (Å²) in [7, 11) is 2.26. The Morgan fingerprint density at radius 2 is 1.90 bits per heavy atom. The largest absolute Gasteiger partial charge is 0.313 e. The Balaban J connectivity index is 1.94. The summed E-state index contributed by atoms with van der Waals surface area (Å²) in [6.45, 7) is 14.8. The number of rotatable bonds is 5. The predicted octanol–water partition coefficient (Wildman–Crippen LogP) is 2.82. The third kappa shape index (κ3) is 4.94. The van der Waals surface area contributed by atoms with Gasteiger partial charge in [-0.3, -0.25) is 0 Å². The molecule has 0 aromatic heterocycles. The average Bonchev–Trinajstić information content (AvgIpc) is 2.62. The maximum Gasteiger partial charge on any atom is 0.0159 e. The molecule has 0 spiro atoms. The minimum atomic E-state index is 0.459. The fourth-order valence-electron chi connectivity index (χ4n) is 4.33. The van der Waals surface area contributed by atoms with Gasteiger partial charge in [0.25, 0.3) is 0 Å². The fourth-order valence-corrected chi connectivity index (χ4v) is 4.33. The highest BCUT2D eigenvalue weighted by Gasteiger charge is 2.39. The Labute approximate surface area is 132 Å². The van der Waals surface area contributed by atoms with E-state index in [4.69, 9.17) is 0 Å². The number of hydrogen-bond acceptors (Lipinski definition) is 3. The van der Waals surface area contributed by atoms with Crippen LogP contribution in [0.3, 0.4) is 0 Å². The molecule has 3 nitrogen and oxygen atoms in total. The molecule has 1 heterocycles. The molecule has 2 unspecified atom stereocenters. The van der Waals surface area contributed by atoms with E-state index < -0.39 is 0 Å². The molecule has 1 saturated heterocycles. The molecule has 0 amide bonds. The second-order valence-corrected chi connectivity index (χ2v) is 8.03. The number of hydrogen-bond donors (Lipinski definition) is 1. The Bertz CT molecular complexity index is 303. The van der Waals surface area contributed by atoms with Crippen molar-refractivity contribution in [1.29, 1.82) is 0 Å². The Hall–Kier alpha value is -0.120. The van der Waals surface area contributed by atoms with Gasteiger partial charge in [0.2, 0.25) is 0 Å². The monoisotopic (exact) mass is 295 g/mol. The first-order valence-corrected chi connectivity index (χ1v) is 9.17. The van der Waals surface area contributed by atoms with E-state index in [0.29, 0.717) is 11.5 Å². The highest BCUT2D eigenvalue weighted by molar-refractivity contribution is 4.94. The maximum absolute atomic E-state index is 3.89. The quantitative estimate of drug-likeness (QED) is 0.841. The van der Waals surface area contributed by atoms with Crippen LogP contribution in [-0.4, -0.2) is 62.2 Å². The standard InChI is InChI=1S/C18H37N3/c1-5-10-19-17-16(8-6-9-18(17,2)3)15-21-12-7-11-20(4)13-14-21/h16-17,19H,5-15H2,1-4H3. The van der Waals surface area contributed by atoms with Gasteiger partial charge in [-0.25, -0.2) is 0 Å². The summed E-state index contributed by atoms with van der Waals surface area (Å²) in [6.07, 6.45) is 6.79. The lowest BCUT2D eigenvalue weighted by Crippen LogP contribution is -2.53. The van der Waals surface area contributed by atoms with E-state index in [1.54, 1.807) is 0 Å². The van der Waals surface area contributed by atoms with Gasteiger partial charge in [-0.2, -0.15) is 0 Å². The molecule has 1 N–H and O–H groups in total.